The van der Waals surface area contributed by atoms with Gasteiger partial charge in [0, 0.05) is 19.1 Å². The van der Waals surface area contributed by atoms with Crippen molar-refractivity contribution < 1.29 is 18.7 Å². The van der Waals surface area contributed by atoms with Gasteiger partial charge in [-0.05, 0) is 61.7 Å². The summed E-state index contributed by atoms with van der Waals surface area (Å²) >= 11 is 0. The molecule has 0 aliphatic carbocycles. The second-order valence-electron chi connectivity index (χ2n) is 7.57. The van der Waals surface area contributed by atoms with Gasteiger partial charge in [0.05, 0.1) is 6.54 Å². The quantitative estimate of drug-likeness (QED) is 0.743. The maximum absolute atomic E-state index is 13.5. The molecular formula is C23H27FN2O3. The van der Waals surface area contributed by atoms with Crippen molar-refractivity contribution >= 4 is 5.91 Å². The molecule has 0 N–H and O–H groups in total. The first-order valence-corrected chi connectivity index (χ1v) is 10.3. The molecule has 0 bridgehead atoms. The van der Waals surface area contributed by atoms with E-state index in [0.29, 0.717) is 32.8 Å². The maximum atomic E-state index is 13.5. The number of halogens is 1. The van der Waals surface area contributed by atoms with Crippen LogP contribution in [0.5, 0.6) is 11.5 Å². The smallest absolute Gasteiger partial charge is 0.237 e. The SMILES string of the molecule is CCN(Cc1cccc(F)c1)C(=O)CN1CCC[C@@H]1c1ccc2c(c1)OCCO2. The number of carbonyl (C=O) groups excluding carboxylic acids is 1. The predicted octanol–water partition coefficient (Wildman–Crippen LogP) is 3.78. The molecule has 1 fully saturated rings. The number of likely N-dealkylation sites (N-methyl/N-ethyl adjacent to an activating group) is 1. The number of ether oxygens (including phenoxy) is 2. The van der Waals surface area contributed by atoms with E-state index in [1.165, 1.54) is 12.1 Å². The summed E-state index contributed by atoms with van der Waals surface area (Å²) in [5.41, 5.74) is 1.97. The second kappa shape index (κ2) is 8.82. The summed E-state index contributed by atoms with van der Waals surface area (Å²) in [5, 5.41) is 0. The van der Waals surface area contributed by atoms with Crippen molar-refractivity contribution in [3.05, 3.63) is 59.4 Å². The Kier molecular flexibility index (Phi) is 6.00. The summed E-state index contributed by atoms with van der Waals surface area (Å²) in [6.45, 7) is 5.38. The third kappa shape index (κ3) is 4.53. The highest BCUT2D eigenvalue weighted by atomic mass is 19.1. The standard InChI is InChI=1S/C23H27FN2O3/c1-2-25(15-17-5-3-6-19(24)13-17)23(27)16-26-10-4-7-20(26)18-8-9-21-22(14-18)29-12-11-28-21/h3,5-6,8-9,13-14,20H,2,4,7,10-12,15-16H2,1H3/t20-/m1/s1. The molecule has 0 saturated carbocycles. The van der Waals surface area contributed by atoms with Crippen LogP contribution in [0.25, 0.3) is 0 Å². The van der Waals surface area contributed by atoms with Crippen LogP contribution < -0.4 is 9.47 Å². The minimum absolute atomic E-state index is 0.0706. The van der Waals surface area contributed by atoms with Gasteiger partial charge < -0.3 is 14.4 Å². The number of hydrogen-bond donors (Lipinski definition) is 0. The highest BCUT2D eigenvalue weighted by molar-refractivity contribution is 5.78. The Morgan fingerprint density at radius 2 is 2.00 bits per heavy atom. The number of carbonyl (C=O) groups is 1. The van der Waals surface area contributed by atoms with E-state index >= 15 is 0 Å². The molecule has 154 valence electrons. The average Bonchev–Trinajstić information content (AvgIpc) is 3.19. The zero-order chi connectivity index (χ0) is 20.2. The van der Waals surface area contributed by atoms with E-state index < -0.39 is 0 Å². The van der Waals surface area contributed by atoms with Gasteiger partial charge >= 0.3 is 0 Å². The number of fused-ring (bicyclic) bond motifs is 1. The molecular weight excluding hydrogens is 371 g/mol. The van der Waals surface area contributed by atoms with Gasteiger partial charge in [0.1, 0.15) is 19.0 Å². The van der Waals surface area contributed by atoms with Crippen LogP contribution in [0.4, 0.5) is 4.39 Å². The summed E-state index contributed by atoms with van der Waals surface area (Å²) in [5.74, 6) is 1.37. The van der Waals surface area contributed by atoms with Gasteiger partial charge in [-0.15, -0.1) is 0 Å². The van der Waals surface area contributed by atoms with Crippen molar-refractivity contribution in [1.82, 2.24) is 9.80 Å². The summed E-state index contributed by atoms with van der Waals surface area (Å²) in [6.07, 6.45) is 2.07. The van der Waals surface area contributed by atoms with E-state index in [0.717, 1.165) is 42.0 Å². The molecule has 2 aromatic rings. The van der Waals surface area contributed by atoms with Crippen molar-refractivity contribution in [2.75, 3.05) is 32.8 Å². The van der Waals surface area contributed by atoms with Crippen LogP contribution in [0.3, 0.4) is 0 Å². The molecule has 5 nitrogen and oxygen atoms in total. The van der Waals surface area contributed by atoms with Crippen LogP contribution in [0.15, 0.2) is 42.5 Å². The normalized spacial score (nSPS) is 18.6. The van der Waals surface area contributed by atoms with Crippen molar-refractivity contribution in [3.63, 3.8) is 0 Å². The van der Waals surface area contributed by atoms with E-state index in [1.54, 1.807) is 11.0 Å². The maximum Gasteiger partial charge on any atom is 0.237 e. The molecule has 4 rings (SSSR count). The van der Waals surface area contributed by atoms with Crippen molar-refractivity contribution in [1.29, 1.82) is 0 Å². The lowest BCUT2D eigenvalue weighted by molar-refractivity contribution is -0.133. The van der Waals surface area contributed by atoms with E-state index in [4.69, 9.17) is 9.47 Å². The second-order valence-corrected chi connectivity index (χ2v) is 7.57. The molecule has 2 aromatic carbocycles. The fourth-order valence-corrected chi connectivity index (χ4v) is 4.17. The number of hydrogen-bond acceptors (Lipinski definition) is 4. The molecule has 0 spiro atoms. The van der Waals surface area contributed by atoms with Gasteiger partial charge in [0.25, 0.3) is 0 Å². The number of rotatable bonds is 6. The van der Waals surface area contributed by atoms with Gasteiger partial charge in [-0.1, -0.05) is 18.2 Å². The zero-order valence-corrected chi connectivity index (χ0v) is 16.8. The first kappa shape index (κ1) is 19.7. The van der Waals surface area contributed by atoms with E-state index in [9.17, 15) is 9.18 Å². The highest BCUT2D eigenvalue weighted by Crippen LogP contribution is 2.38. The molecule has 0 aromatic heterocycles. The monoisotopic (exact) mass is 398 g/mol. The molecule has 1 atom stereocenters. The average molecular weight is 398 g/mol. The molecule has 0 unspecified atom stereocenters. The zero-order valence-electron chi connectivity index (χ0n) is 16.8. The minimum atomic E-state index is -0.274. The van der Waals surface area contributed by atoms with Crippen LogP contribution in [0.2, 0.25) is 0 Å². The number of amides is 1. The fraction of sp³-hybridized carbons (Fsp3) is 0.435. The van der Waals surface area contributed by atoms with Gasteiger partial charge in [-0.2, -0.15) is 0 Å². The first-order chi connectivity index (χ1) is 14.1. The van der Waals surface area contributed by atoms with Crippen LogP contribution >= 0.6 is 0 Å². The number of benzene rings is 2. The largest absolute Gasteiger partial charge is 0.486 e. The Bertz CT molecular complexity index is 873. The van der Waals surface area contributed by atoms with E-state index in [-0.39, 0.29) is 17.8 Å². The number of likely N-dealkylation sites (tertiary alicyclic amines) is 1. The summed E-state index contributed by atoms with van der Waals surface area (Å²) in [6, 6.07) is 12.7. The molecule has 2 aliphatic rings. The topological polar surface area (TPSA) is 42.0 Å². The molecule has 29 heavy (non-hydrogen) atoms. The van der Waals surface area contributed by atoms with Gasteiger partial charge in [0.15, 0.2) is 11.5 Å². The molecule has 0 radical (unpaired) electrons. The Balaban J connectivity index is 1.44. The predicted molar refractivity (Wildman–Crippen MR) is 108 cm³/mol. The lowest BCUT2D eigenvalue weighted by Crippen LogP contribution is -2.39. The number of nitrogens with zero attached hydrogens (tertiary/aromatic N) is 2. The van der Waals surface area contributed by atoms with Crippen LogP contribution in [0.1, 0.15) is 36.9 Å². The Morgan fingerprint density at radius 3 is 2.79 bits per heavy atom. The minimum Gasteiger partial charge on any atom is -0.486 e. The first-order valence-electron chi connectivity index (χ1n) is 10.3. The van der Waals surface area contributed by atoms with Gasteiger partial charge in [0.2, 0.25) is 5.91 Å². The van der Waals surface area contributed by atoms with Crippen molar-refractivity contribution in [2.45, 2.75) is 32.4 Å². The summed E-state index contributed by atoms with van der Waals surface area (Å²) in [7, 11) is 0. The van der Waals surface area contributed by atoms with Crippen molar-refractivity contribution in [3.8, 4) is 11.5 Å². The van der Waals surface area contributed by atoms with E-state index in [2.05, 4.69) is 11.0 Å². The third-order valence-electron chi connectivity index (χ3n) is 5.65. The van der Waals surface area contributed by atoms with Gasteiger partial charge in [-0.25, -0.2) is 4.39 Å². The summed E-state index contributed by atoms with van der Waals surface area (Å²) in [4.78, 5) is 17.0. The Hall–Kier alpha value is -2.60. The highest BCUT2D eigenvalue weighted by Gasteiger charge is 2.30. The Morgan fingerprint density at radius 1 is 1.17 bits per heavy atom. The fourth-order valence-electron chi connectivity index (χ4n) is 4.17. The van der Waals surface area contributed by atoms with E-state index in [1.807, 2.05) is 25.1 Å². The van der Waals surface area contributed by atoms with Crippen molar-refractivity contribution in [2.24, 2.45) is 0 Å². The third-order valence-corrected chi connectivity index (χ3v) is 5.65. The molecule has 1 amide bonds. The Labute approximate surface area is 171 Å². The molecule has 2 aliphatic heterocycles. The molecule has 1 saturated heterocycles. The summed E-state index contributed by atoms with van der Waals surface area (Å²) < 4.78 is 24.8. The lowest BCUT2D eigenvalue weighted by atomic mass is 10.0. The van der Waals surface area contributed by atoms with Crippen LogP contribution in [-0.2, 0) is 11.3 Å². The van der Waals surface area contributed by atoms with Crippen LogP contribution in [0, 0.1) is 5.82 Å². The molecule has 6 heteroatoms. The lowest BCUT2D eigenvalue weighted by Gasteiger charge is -2.29. The molecule has 2 heterocycles. The van der Waals surface area contributed by atoms with Gasteiger partial charge in [-0.3, -0.25) is 9.69 Å². The van der Waals surface area contributed by atoms with Crippen LogP contribution in [-0.4, -0.2) is 48.6 Å².